The van der Waals surface area contributed by atoms with Crippen molar-refractivity contribution in [2.24, 2.45) is 0 Å². The van der Waals surface area contributed by atoms with E-state index in [-0.39, 0.29) is 17.9 Å². The van der Waals surface area contributed by atoms with Crippen molar-refractivity contribution in [3.63, 3.8) is 0 Å². The standard InChI is InChI=1S/C29H33N5O3S/c1-18-23(27(35)32-21-14-16-22(37-2)17-15-21)25(19-10-6-4-7-11-19)34-26(30-18)24(29(33-34)38-3)28(36)31-20-12-8-5-9-13-20/h4,6-7,10-11,14-17,20,25,30H,5,8-9,12-13H2,1-3H3,(H,31,36)(H,32,35). The molecule has 38 heavy (non-hydrogen) atoms. The maximum absolute atomic E-state index is 13.7. The van der Waals surface area contributed by atoms with Crippen molar-refractivity contribution in [1.82, 2.24) is 15.1 Å². The average Bonchev–Trinajstić information content (AvgIpc) is 3.31. The molecule has 2 heterocycles. The first kappa shape index (κ1) is 25.9. The van der Waals surface area contributed by atoms with E-state index in [0.29, 0.717) is 39.1 Å². The van der Waals surface area contributed by atoms with Crippen LogP contribution in [0.25, 0.3) is 0 Å². The molecular formula is C29H33N5O3S. The zero-order chi connectivity index (χ0) is 26.6. The van der Waals surface area contributed by atoms with Crippen molar-refractivity contribution in [1.29, 1.82) is 0 Å². The molecular weight excluding hydrogens is 498 g/mol. The van der Waals surface area contributed by atoms with Crippen LogP contribution in [0.1, 0.15) is 61.0 Å². The first-order valence-electron chi connectivity index (χ1n) is 13.0. The van der Waals surface area contributed by atoms with Crippen LogP contribution in [-0.4, -0.2) is 41.0 Å². The van der Waals surface area contributed by atoms with Crippen molar-refractivity contribution in [3.05, 3.63) is 77.0 Å². The summed E-state index contributed by atoms with van der Waals surface area (Å²) in [5.74, 6) is 0.953. The Morgan fingerprint density at radius 3 is 2.39 bits per heavy atom. The van der Waals surface area contributed by atoms with Gasteiger partial charge in [-0.05, 0) is 55.9 Å². The van der Waals surface area contributed by atoms with Crippen LogP contribution < -0.4 is 20.7 Å². The lowest BCUT2D eigenvalue weighted by Gasteiger charge is -2.30. The maximum atomic E-state index is 13.7. The van der Waals surface area contributed by atoms with E-state index < -0.39 is 6.04 Å². The maximum Gasteiger partial charge on any atom is 0.258 e. The normalized spacial score (nSPS) is 17.4. The number of rotatable bonds is 7. The minimum atomic E-state index is -0.507. The SMILES string of the molecule is COc1ccc(NC(=O)C2=C(C)Nc3c(C(=O)NC4CCCCC4)c(SC)nn3C2c2ccccc2)cc1. The smallest absolute Gasteiger partial charge is 0.258 e. The number of nitrogens with one attached hydrogen (secondary N) is 3. The van der Waals surface area contributed by atoms with Gasteiger partial charge in [-0.25, -0.2) is 4.68 Å². The fourth-order valence-electron chi connectivity index (χ4n) is 5.26. The van der Waals surface area contributed by atoms with Crippen molar-refractivity contribution in [2.75, 3.05) is 24.0 Å². The van der Waals surface area contributed by atoms with E-state index >= 15 is 0 Å². The summed E-state index contributed by atoms with van der Waals surface area (Å²) in [5.41, 5.74) is 3.30. The summed E-state index contributed by atoms with van der Waals surface area (Å²) in [4.78, 5) is 27.3. The molecule has 1 aliphatic heterocycles. The Hall–Kier alpha value is -3.72. The summed E-state index contributed by atoms with van der Waals surface area (Å²) >= 11 is 1.43. The van der Waals surface area contributed by atoms with Crippen molar-refractivity contribution in [3.8, 4) is 5.75 Å². The van der Waals surface area contributed by atoms with Crippen LogP contribution in [0, 0.1) is 0 Å². The number of aromatic nitrogens is 2. The Balaban J connectivity index is 1.53. The number of anilines is 2. The molecule has 2 amide bonds. The number of methoxy groups -OCH3 is 1. The second kappa shape index (κ2) is 11.3. The first-order chi connectivity index (χ1) is 18.5. The van der Waals surface area contributed by atoms with Crippen LogP contribution in [0.5, 0.6) is 5.75 Å². The summed E-state index contributed by atoms with van der Waals surface area (Å²) in [6, 6.07) is 16.7. The van der Waals surface area contributed by atoms with Gasteiger partial charge in [0.1, 0.15) is 28.2 Å². The zero-order valence-corrected chi connectivity index (χ0v) is 22.7. The quantitative estimate of drug-likeness (QED) is 0.343. The fraction of sp³-hybridized carbons (Fsp3) is 0.345. The van der Waals surface area contributed by atoms with Crippen molar-refractivity contribution >= 4 is 35.1 Å². The number of allylic oxidation sites excluding steroid dienone is 1. The molecule has 0 spiro atoms. The highest BCUT2D eigenvalue weighted by atomic mass is 32.2. The number of hydrogen-bond acceptors (Lipinski definition) is 6. The Kier molecular flexibility index (Phi) is 7.74. The first-order valence-corrected chi connectivity index (χ1v) is 14.2. The molecule has 8 nitrogen and oxygen atoms in total. The van der Waals surface area contributed by atoms with Gasteiger partial charge in [0, 0.05) is 17.4 Å². The number of hydrogen-bond donors (Lipinski definition) is 3. The third kappa shape index (κ3) is 5.15. The van der Waals surface area contributed by atoms with E-state index in [9.17, 15) is 9.59 Å². The van der Waals surface area contributed by atoms with Crippen molar-refractivity contribution < 1.29 is 14.3 Å². The highest BCUT2D eigenvalue weighted by Crippen LogP contribution is 2.40. The molecule has 3 N–H and O–H groups in total. The second-order valence-electron chi connectivity index (χ2n) is 9.65. The number of thioether (sulfide) groups is 1. The van der Waals surface area contributed by atoms with E-state index in [4.69, 9.17) is 9.84 Å². The predicted molar refractivity (Wildman–Crippen MR) is 151 cm³/mol. The minimum absolute atomic E-state index is 0.124. The lowest BCUT2D eigenvalue weighted by Crippen LogP contribution is -2.37. The minimum Gasteiger partial charge on any atom is -0.497 e. The van der Waals surface area contributed by atoms with Crippen LogP contribution >= 0.6 is 11.8 Å². The summed E-state index contributed by atoms with van der Waals surface area (Å²) in [6.45, 7) is 1.87. The van der Waals surface area contributed by atoms with Crippen LogP contribution in [0.4, 0.5) is 11.5 Å². The highest BCUT2D eigenvalue weighted by molar-refractivity contribution is 7.98. The third-order valence-corrected chi connectivity index (χ3v) is 7.85. The molecule has 2 aromatic carbocycles. The number of ether oxygens (including phenoxy) is 1. The molecule has 0 radical (unpaired) electrons. The Labute approximate surface area is 227 Å². The number of carbonyl (C=O) groups is 2. The lowest BCUT2D eigenvalue weighted by atomic mass is 9.94. The molecule has 3 aromatic rings. The van der Waals surface area contributed by atoms with Gasteiger partial charge in [-0.1, -0.05) is 49.6 Å². The highest BCUT2D eigenvalue weighted by Gasteiger charge is 2.37. The Morgan fingerprint density at radius 1 is 1.03 bits per heavy atom. The van der Waals surface area contributed by atoms with Crippen LogP contribution in [0.3, 0.4) is 0 Å². The average molecular weight is 532 g/mol. The van der Waals surface area contributed by atoms with E-state index in [0.717, 1.165) is 31.2 Å². The molecule has 1 unspecified atom stereocenters. The molecule has 0 bridgehead atoms. The van der Waals surface area contributed by atoms with Gasteiger partial charge in [-0.2, -0.15) is 5.10 Å². The number of fused-ring (bicyclic) bond motifs is 1. The van der Waals surface area contributed by atoms with Gasteiger partial charge in [0.2, 0.25) is 0 Å². The van der Waals surface area contributed by atoms with E-state index in [1.807, 2.05) is 43.5 Å². The predicted octanol–water partition coefficient (Wildman–Crippen LogP) is 5.60. The molecule has 1 aromatic heterocycles. The molecule has 2 aliphatic rings. The van der Waals surface area contributed by atoms with Gasteiger partial charge in [0.25, 0.3) is 11.8 Å². The second-order valence-corrected chi connectivity index (χ2v) is 10.4. The van der Waals surface area contributed by atoms with Crippen LogP contribution in [-0.2, 0) is 4.79 Å². The molecule has 9 heteroatoms. The number of nitrogens with zero attached hydrogens (tertiary/aromatic N) is 2. The van der Waals surface area contributed by atoms with E-state index in [1.165, 1.54) is 18.2 Å². The summed E-state index contributed by atoms with van der Waals surface area (Å²) < 4.78 is 7.02. The Bertz CT molecular complexity index is 1340. The van der Waals surface area contributed by atoms with E-state index in [2.05, 4.69) is 16.0 Å². The molecule has 1 saturated carbocycles. The molecule has 1 aliphatic carbocycles. The van der Waals surface area contributed by atoms with E-state index in [1.54, 1.807) is 36.1 Å². The molecule has 1 fully saturated rings. The molecule has 0 saturated heterocycles. The number of benzene rings is 2. The largest absolute Gasteiger partial charge is 0.497 e. The van der Waals surface area contributed by atoms with Gasteiger partial charge in [-0.15, -0.1) is 11.8 Å². The molecule has 5 rings (SSSR count). The zero-order valence-electron chi connectivity index (χ0n) is 21.9. The summed E-state index contributed by atoms with van der Waals surface area (Å²) in [5, 5.41) is 15.1. The topological polar surface area (TPSA) is 97.3 Å². The Morgan fingerprint density at radius 2 is 1.74 bits per heavy atom. The summed E-state index contributed by atoms with van der Waals surface area (Å²) in [7, 11) is 1.61. The van der Waals surface area contributed by atoms with Crippen LogP contribution in [0.15, 0.2) is 70.9 Å². The van der Waals surface area contributed by atoms with Gasteiger partial charge < -0.3 is 20.7 Å². The van der Waals surface area contributed by atoms with Gasteiger partial charge in [0.05, 0.1) is 12.7 Å². The van der Waals surface area contributed by atoms with Gasteiger partial charge >= 0.3 is 0 Å². The third-order valence-electron chi connectivity index (χ3n) is 7.17. The van der Waals surface area contributed by atoms with Crippen LogP contribution in [0.2, 0.25) is 0 Å². The van der Waals surface area contributed by atoms with Crippen molar-refractivity contribution in [2.45, 2.75) is 56.1 Å². The van der Waals surface area contributed by atoms with Gasteiger partial charge in [-0.3, -0.25) is 9.59 Å². The number of carbonyl (C=O) groups excluding carboxylic acids is 2. The summed E-state index contributed by atoms with van der Waals surface area (Å²) in [6.07, 6.45) is 7.40. The fourth-order valence-corrected chi connectivity index (χ4v) is 5.82. The molecule has 198 valence electrons. The lowest BCUT2D eigenvalue weighted by molar-refractivity contribution is -0.113. The number of amides is 2. The monoisotopic (exact) mass is 531 g/mol. The molecule has 1 atom stereocenters. The van der Waals surface area contributed by atoms with Gasteiger partial charge in [0.15, 0.2) is 0 Å².